The number of nitrogens with zero attached hydrogens (tertiary/aromatic N) is 3. The normalized spacial score (nSPS) is 23.2. The molecule has 4 unspecified atom stereocenters. The molecule has 3 aromatic rings. The highest BCUT2D eigenvalue weighted by Gasteiger charge is 2.48. The van der Waals surface area contributed by atoms with Gasteiger partial charge in [0.25, 0.3) is 0 Å². The van der Waals surface area contributed by atoms with E-state index in [0.29, 0.717) is 24.3 Å². The lowest BCUT2D eigenvalue weighted by atomic mass is 10.1. The first-order valence-electron chi connectivity index (χ1n) is 11.3. The molecule has 8 nitrogen and oxygen atoms in total. The van der Waals surface area contributed by atoms with Crippen LogP contribution in [0.4, 0.5) is 17.3 Å². The second-order valence-corrected chi connectivity index (χ2v) is 9.03. The zero-order chi connectivity index (χ0) is 23.5. The van der Waals surface area contributed by atoms with Crippen molar-refractivity contribution in [3.63, 3.8) is 0 Å². The van der Waals surface area contributed by atoms with Crippen molar-refractivity contribution in [2.24, 2.45) is 0 Å². The summed E-state index contributed by atoms with van der Waals surface area (Å²) in [4.78, 5) is 11.2. The Morgan fingerprint density at radius 2 is 1.65 bits per heavy atom. The molecule has 0 radical (unpaired) electrons. The van der Waals surface area contributed by atoms with Gasteiger partial charge in [0, 0.05) is 37.2 Å². The maximum Gasteiger partial charge on any atom is 0.223 e. The number of rotatable bonds is 6. The van der Waals surface area contributed by atoms with E-state index in [1.54, 1.807) is 6.20 Å². The Morgan fingerprint density at radius 1 is 0.941 bits per heavy atom. The molecule has 2 aromatic carbocycles. The minimum atomic E-state index is -0.108. The Hall–Kier alpha value is -3.27. The number of hydrogen-bond donors (Lipinski definition) is 3. The van der Waals surface area contributed by atoms with Gasteiger partial charge in [-0.3, -0.25) is 0 Å². The van der Waals surface area contributed by atoms with Gasteiger partial charge < -0.3 is 30.3 Å². The number of nitrogens with one attached hydrogen (secondary N) is 3. The fraction of sp³-hybridized carbons (Fsp3) is 0.320. The molecule has 2 fully saturated rings. The van der Waals surface area contributed by atoms with Crippen LogP contribution in [0.2, 0.25) is 0 Å². The Bertz CT molecular complexity index is 1130. The van der Waals surface area contributed by atoms with Crippen LogP contribution < -0.4 is 20.9 Å². The molecule has 0 aliphatic carbocycles. The van der Waals surface area contributed by atoms with Crippen molar-refractivity contribution in [1.82, 2.24) is 15.3 Å². The van der Waals surface area contributed by atoms with Gasteiger partial charge in [-0.25, -0.2) is 9.97 Å². The third kappa shape index (κ3) is 4.96. The lowest BCUT2D eigenvalue weighted by Crippen LogP contribution is -2.46. The average Bonchev–Trinajstić information content (AvgIpc) is 3.43. The predicted octanol–water partition coefficient (Wildman–Crippen LogP) is 3.14. The molecule has 176 valence electrons. The first kappa shape index (κ1) is 22.5. The minimum absolute atomic E-state index is 0.0250. The fourth-order valence-electron chi connectivity index (χ4n) is 4.29. The quantitative estimate of drug-likeness (QED) is 0.465. The van der Waals surface area contributed by atoms with Crippen molar-refractivity contribution in [3.05, 3.63) is 66.9 Å². The summed E-state index contributed by atoms with van der Waals surface area (Å²) in [6.45, 7) is 1.03. The zero-order valence-electron chi connectivity index (χ0n) is 19.1. The molecule has 0 spiro atoms. The van der Waals surface area contributed by atoms with Gasteiger partial charge in [-0.2, -0.15) is 0 Å². The standard InChI is InChI=1S/C25H28N6O2S/c1-31(2)18-10-8-16(9-11-18)19-12-13-26-24(28-19)29-20-14-32-23-21(15-33-22(20)23)30-25(34)27-17-6-4-3-5-7-17/h3-13,20-23H,14-15H2,1-2H3,(H,26,28,29)(H2,27,30,34). The molecule has 5 rings (SSSR count). The van der Waals surface area contributed by atoms with Crippen molar-refractivity contribution in [3.8, 4) is 11.3 Å². The van der Waals surface area contributed by atoms with Gasteiger partial charge in [-0.15, -0.1) is 0 Å². The molecule has 2 aliphatic heterocycles. The van der Waals surface area contributed by atoms with Gasteiger partial charge in [0.1, 0.15) is 12.2 Å². The molecule has 3 heterocycles. The summed E-state index contributed by atoms with van der Waals surface area (Å²) >= 11 is 5.48. The molecule has 1 aromatic heterocycles. The van der Waals surface area contributed by atoms with E-state index in [1.165, 1.54) is 0 Å². The van der Waals surface area contributed by atoms with E-state index >= 15 is 0 Å². The van der Waals surface area contributed by atoms with Crippen LogP contribution in [0.5, 0.6) is 0 Å². The Kier molecular flexibility index (Phi) is 6.57. The van der Waals surface area contributed by atoms with E-state index in [1.807, 2.05) is 50.5 Å². The van der Waals surface area contributed by atoms with Crippen LogP contribution in [0.15, 0.2) is 66.9 Å². The van der Waals surface area contributed by atoms with Crippen LogP contribution in [0.1, 0.15) is 0 Å². The van der Waals surface area contributed by atoms with Crippen LogP contribution in [-0.4, -0.2) is 66.7 Å². The van der Waals surface area contributed by atoms with Crippen LogP contribution >= 0.6 is 12.2 Å². The van der Waals surface area contributed by atoms with Crippen molar-refractivity contribution >= 4 is 34.7 Å². The SMILES string of the molecule is CN(C)c1ccc(-c2ccnc(NC3COC4C(NC(=S)Nc5ccccc5)COC34)n2)cc1. The molecule has 0 saturated carbocycles. The van der Waals surface area contributed by atoms with E-state index in [4.69, 9.17) is 26.7 Å². The number of aromatic nitrogens is 2. The van der Waals surface area contributed by atoms with Crippen LogP contribution in [0.3, 0.4) is 0 Å². The first-order chi connectivity index (χ1) is 16.6. The van der Waals surface area contributed by atoms with Gasteiger partial charge in [0.05, 0.1) is 31.0 Å². The zero-order valence-corrected chi connectivity index (χ0v) is 20.0. The molecular weight excluding hydrogens is 448 g/mol. The van der Waals surface area contributed by atoms with E-state index < -0.39 is 0 Å². The monoisotopic (exact) mass is 476 g/mol. The molecule has 34 heavy (non-hydrogen) atoms. The molecule has 3 N–H and O–H groups in total. The number of ether oxygens (including phenoxy) is 2. The predicted molar refractivity (Wildman–Crippen MR) is 138 cm³/mol. The topological polar surface area (TPSA) is 83.6 Å². The number of fused-ring (bicyclic) bond motifs is 1. The van der Waals surface area contributed by atoms with Gasteiger partial charge in [0.2, 0.25) is 5.95 Å². The van der Waals surface area contributed by atoms with Crippen molar-refractivity contribution in [2.75, 3.05) is 42.8 Å². The van der Waals surface area contributed by atoms with E-state index in [0.717, 1.165) is 22.6 Å². The number of para-hydroxylation sites is 1. The third-order valence-corrected chi connectivity index (χ3v) is 6.27. The Balaban J connectivity index is 1.20. The first-order valence-corrected chi connectivity index (χ1v) is 11.7. The Labute approximate surface area is 204 Å². The van der Waals surface area contributed by atoms with E-state index in [9.17, 15) is 0 Å². The summed E-state index contributed by atoms with van der Waals surface area (Å²) in [5.41, 5.74) is 3.99. The van der Waals surface area contributed by atoms with Crippen LogP contribution in [-0.2, 0) is 9.47 Å². The van der Waals surface area contributed by atoms with Gasteiger partial charge in [0.15, 0.2) is 5.11 Å². The van der Waals surface area contributed by atoms with Gasteiger partial charge in [-0.1, -0.05) is 30.3 Å². The van der Waals surface area contributed by atoms with Crippen LogP contribution in [0, 0.1) is 0 Å². The molecule has 0 bridgehead atoms. The summed E-state index contributed by atoms with van der Waals surface area (Å²) in [7, 11) is 4.05. The largest absolute Gasteiger partial charge is 0.378 e. The highest BCUT2D eigenvalue weighted by Crippen LogP contribution is 2.29. The molecule has 9 heteroatoms. The third-order valence-electron chi connectivity index (χ3n) is 6.05. The second kappa shape index (κ2) is 9.92. The number of anilines is 3. The highest BCUT2D eigenvalue weighted by molar-refractivity contribution is 7.80. The van der Waals surface area contributed by atoms with Crippen LogP contribution in [0.25, 0.3) is 11.3 Å². The van der Waals surface area contributed by atoms with E-state index in [-0.39, 0.29) is 24.3 Å². The molecule has 2 aliphatic rings. The summed E-state index contributed by atoms with van der Waals surface area (Å²) in [5.74, 6) is 0.560. The average molecular weight is 477 g/mol. The summed E-state index contributed by atoms with van der Waals surface area (Å²) in [6, 6.07) is 20.0. The highest BCUT2D eigenvalue weighted by atomic mass is 32.1. The number of benzene rings is 2. The number of hydrogen-bond acceptors (Lipinski definition) is 7. The van der Waals surface area contributed by atoms with E-state index in [2.05, 4.69) is 50.1 Å². The van der Waals surface area contributed by atoms with Crippen molar-refractivity contribution < 1.29 is 9.47 Å². The second-order valence-electron chi connectivity index (χ2n) is 8.62. The summed E-state index contributed by atoms with van der Waals surface area (Å²) in [5, 5.41) is 10.5. The molecule has 2 saturated heterocycles. The van der Waals surface area contributed by atoms with Crippen molar-refractivity contribution in [1.29, 1.82) is 0 Å². The number of thiocarbonyl (C=S) groups is 1. The van der Waals surface area contributed by atoms with Gasteiger partial charge >= 0.3 is 0 Å². The lowest BCUT2D eigenvalue weighted by molar-refractivity contribution is 0.0689. The smallest absolute Gasteiger partial charge is 0.223 e. The summed E-state index contributed by atoms with van der Waals surface area (Å²) < 4.78 is 12.2. The molecular formula is C25H28N6O2S. The lowest BCUT2D eigenvalue weighted by Gasteiger charge is -2.20. The van der Waals surface area contributed by atoms with Gasteiger partial charge in [-0.05, 0) is 42.5 Å². The molecule has 0 amide bonds. The maximum atomic E-state index is 6.08. The minimum Gasteiger partial charge on any atom is -0.378 e. The fourth-order valence-corrected chi connectivity index (χ4v) is 4.56. The maximum absolute atomic E-state index is 6.08. The Morgan fingerprint density at radius 3 is 2.38 bits per heavy atom. The molecule has 4 atom stereocenters. The van der Waals surface area contributed by atoms with Crippen molar-refractivity contribution in [2.45, 2.75) is 24.3 Å². The summed E-state index contributed by atoms with van der Waals surface area (Å²) in [6.07, 6.45) is 1.56.